The summed E-state index contributed by atoms with van der Waals surface area (Å²) in [6, 6.07) is 23.4. The Bertz CT molecular complexity index is 1700. The highest BCUT2D eigenvalue weighted by Gasteiger charge is 2.19. The van der Waals surface area contributed by atoms with E-state index in [1.54, 1.807) is 43.7 Å². The van der Waals surface area contributed by atoms with Gasteiger partial charge in [0.15, 0.2) is 5.78 Å². The Labute approximate surface area is 215 Å². The number of rotatable bonds is 6. The van der Waals surface area contributed by atoms with Crippen LogP contribution in [0.3, 0.4) is 0 Å². The fourth-order valence-electron chi connectivity index (χ4n) is 4.81. The van der Waals surface area contributed by atoms with Gasteiger partial charge in [0, 0.05) is 39.4 Å². The highest BCUT2D eigenvalue weighted by Crippen LogP contribution is 2.42. The van der Waals surface area contributed by atoms with E-state index >= 15 is 0 Å². The van der Waals surface area contributed by atoms with Gasteiger partial charge in [0.1, 0.15) is 11.3 Å². The van der Waals surface area contributed by atoms with Crippen molar-refractivity contribution in [2.75, 3.05) is 12.4 Å². The first-order chi connectivity index (χ1) is 17.9. The number of carbonyl (C=O) groups excluding carboxylic acids is 2. The number of furan rings is 1. The van der Waals surface area contributed by atoms with Crippen LogP contribution in [0.25, 0.3) is 38.4 Å². The number of aryl methyl sites for hydroxylation is 1. The third-order valence-electron chi connectivity index (χ3n) is 6.64. The van der Waals surface area contributed by atoms with Crippen molar-refractivity contribution in [1.29, 1.82) is 0 Å². The first kappa shape index (κ1) is 24.1. The number of fused-ring (bicyclic) bond motifs is 2. The van der Waals surface area contributed by atoms with Crippen LogP contribution in [0.15, 0.2) is 89.6 Å². The Kier molecular flexibility index (Phi) is 6.36. The van der Waals surface area contributed by atoms with Gasteiger partial charge in [0.25, 0.3) is 0 Å². The van der Waals surface area contributed by atoms with Gasteiger partial charge in [-0.15, -0.1) is 0 Å². The Balaban J connectivity index is 1.58. The summed E-state index contributed by atoms with van der Waals surface area (Å²) in [4.78, 5) is 24.6. The number of hydrogen-bond acceptors (Lipinski definition) is 4. The number of methoxy groups -OCH3 is 1. The van der Waals surface area contributed by atoms with Crippen LogP contribution in [0.5, 0.6) is 5.75 Å². The minimum Gasteiger partial charge on any atom is -0.496 e. The molecule has 0 aliphatic heterocycles. The molecule has 1 heterocycles. The molecule has 0 spiro atoms. The molecule has 0 bridgehead atoms. The molecule has 1 N–H and O–H groups in total. The Morgan fingerprint density at radius 2 is 1.65 bits per heavy atom. The van der Waals surface area contributed by atoms with Gasteiger partial charge in [-0.25, -0.2) is 0 Å². The quantitative estimate of drug-likeness (QED) is 0.195. The second-order valence-corrected chi connectivity index (χ2v) is 9.09. The summed E-state index contributed by atoms with van der Waals surface area (Å²) in [7, 11) is 1.62. The Morgan fingerprint density at radius 3 is 2.43 bits per heavy atom. The number of amides is 1. The summed E-state index contributed by atoms with van der Waals surface area (Å²) in [6.45, 7) is 5.34. The van der Waals surface area contributed by atoms with E-state index in [0.29, 0.717) is 17.0 Å². The van der Waals surface area contributed by atoms with E-state index in [9.17, 15) is 9.59 Å². The normalized spacial score (nSPS) is 11.6. The Morgan fingerprint density at radius 1 is 0.892 bits per heavy atom. The van der Waals surface area contributed by atoms with Crippen LogP contribution in [0.1, 0.15) is 35.3 Å². The maximum Gasteiger partial charge on any atom is 0.248 e. The van der Waals surface area contributed by atoms with Crippen LogP contribution in [-0.2, 0) is 4.79 Å². The highest BCUT2D eigenvalue weighted by atomic mass is 16.5. The smallest absolute Gasteiger partial charge is 0.248 e. The summed E-state index contributed by atoms with van der Waals surface area (Å²) in [6.07, 6.45) is 3.33. The fourth-order valence-corrected chi connectivity index (χ4v) is 4.81. The molecular formula is C32H27NO4. The topological polar surface area (TPSA) is 68.5 Å². The lowest BCUT2D eigenvalue weighted by atomic mass is 9.94. The number of ether oxygens (including phenoxy) is 1. The highest BCUT2D eigenvalue weighted by molar-refractivity contribution is 6.08. The second-order valence-electron chi connectivity index (χ2n) is 9.09. The van der Waals surface area contributed by atoms with Crippen LogP contribution in [0, 0.1) is 6.92 Å². The van der Waals surface area contributed by atoms with Gasteiger partial charge in [-0.3, -0.25) is 9.59 Å². The lowest BCUT2D eigenvalue weighted by Gasteiger charge is -2.14. The minimum absolute atomic E-state index is 0.0570. The molecule has 0 saturated heterocycles. The number of allylic oxidation sites excluding steroid dienone is 1. The molecule has 0 unspecified atom stereocenters. The number of benzene rings is 4. The first-order valence-electron chi connectivity index (χ1n) is 12.0. The zero-order valence-electron chi connectivity index (χ0n) is 21.2. The first-order valence-corrected chi connectivity index (χ1v) is 12.0. The summed E-state index contributed by atoms with van der Waals surface area (Å²) in [5.41, 5.74) is 6.34. The summed E-state index contributed by atoms with van der Waals surface area (Å²) in [5, 5.41) is 6.10. The SMILES string of the molecule is COc1c(/C(C)=C/C(=O)Nc2cccc(C(C)=O)c2)cc2c(-c3cccc4ccccc34)coc2c1C. The van der Waals surface area contributed by atoms with Crippen LogP contribution in [0.2, 0.25) is 0 Å². The average molecular weight is 490 g/mol. The maximum absolute atomic E-state index is 12.9. The minimum atomic E-state index is -0.292. The Hall–Kier alpha value is -4.64. The van der Waals surface area contributed by atoms with Gasteiger partial charge in [-0.05, 0) is 60.9 Å². The summed E-state index contributed by atoms with van der Waals surface area (Å²) >= 11 is 0. The number of carbonyl (C=O) groups is 2. The molecule has 5 nitrogen and oxygen atoms in total. The van der Waals surface area contributed by atoms with Gasteiger partial charge in [-0.1, -0.05) is 54.6 Å². The van der Waals surface area contributed by atoms with Gasteiger partial charge < -0.3 is 14.5 Å². The molecule has 0 atom stereocenters. The lowest BCUT2D eigenvalue weighted by Crippen LogP contribution is -2.09. The monoisotopic (exact) mass is 489 g/mol. The van der Waals surface area contributed by atoms with Crippen molar-refractivity contribution in [1.82, 2.24) is 0 Å². The number of nitrogens with one attached hydrogen (secondary N) is 1. The van der Waals surface area contributed by atoms with Crippen molar-refractivity contribution < 1.29 is 18.7 Å². The van der Waals surface area contributed by atoms with Crippen molar-refractivity contribution in [3.05, 3.63) is 102 Å². The molecule has 5 aromatic rings. The summed E-state index contributed by atoms with van der Waals surface area (Å²) < 4.78 is 11.8. The van der Waals surface area contributed by atoms with Crippen molar-refractivity contribution >= 4 is 44.7 Å². The fraction of sp³-hybridized carbons (Fsp3) is 0.125. The molecule has 0 aliphatic rings. The second kappa shape index (κ2) is 9.78. The predicted octanol–water partition coefficient (Wildman–Crippen LogP) is 7.81. The number of hydrogen-bond donors (Lipinski definition) is 1. The maximum atomic E-state index is 12.9. The zero-order valence-corrected chi connectivity index (χ0v) is 21.2. The van der Waals surface area contributed by atoms with Gasteiger partial charge in [-0.2, -0.15) is 0 Å². The molecule has 184 valence electrons. The lowest BCUT2D eigenvalue weighted by molar-refractivity contribution is -0.111. The molecule has 1 aromatic heterocycles. The molecular weight excluding hydrogens is 462 g/mol. The molecule has 0 radical (unpaired) electrons. The van der Waals surface area contributed by atoms with Crippen molar-refractivity contribution in [2.45, 2.75) is 20.8 Å². The average Bonchev–Trinajstić information content (AvgIpc) is 3.32. The summed E-state index contributed by atoms with van der Waals surface area (Å²) in [5.74, 6) is 0.310. The molecule has 1 amide bonds. The van der Waals surface area contributed by atoms with Crippen molar-refractivity contribution in [3.8, 4) is 16.9 Å². The molecule has 4 aromatic carbocycles. The third-order valence-corrected chi connectivity index (χ3v) is 6.64. The van der Waals surface area contributed by atoms with Crippen LogP contribution >= 0.6 is 0 Å². The predicted molar refractivity (Wildman–Crippen MR) is 149 cm³/mol. The molecule has 0 saturated carbocycles. The van der Waals surface area contributed by atoms with Gasteiger partial charge in [0.05, 0.1) is 13.4 Å². The number of ketones is 1. The third kappa shape index (κ3) is 4.52. The van der Waals surface area contributed by atoms with E-state index in [0.717, 1.165) is 49.6 Å². The standard InChI is InChI=1S/C32H27NO4/c1-19(15-30(35)33-24-12-7-11-23(16-24)21(3)34)27-17-28-29(18-37-32(28)20(2)31(27)36-4)26-14-8-10-22-9-5-6-13-25(22)26/h5-18H,1-4H3,(H,33,35)/b19-15+. The van der Waals surface area contributed by atoms with Gasteiger partial charge >= 0.3 is 0 Å². The van der Waals surface area contributed by atoms with E-state index in [-0.39, 0.29) is 11.7 Å². The van der Waals surface area contributed by atoms with Crippen LogP contribution in [0.4, 0.5) is 5.69 Å². The molecule has 0 aliphatic carbocycles. The molecule has 37 heavy (non-hydrogen) atoms. The molecule has 0 fully saturated rings. The van der Waals surface area contributed by atoms with Gasteiger partial charge in [0.2, 0.25) is 5.91 Å². The molecule has 5 heteroatoms. The van der Waals surface area contributed by atoms with Crippen molar-refractivity contribution in [2.24, 2.45) is 0 Å². The number of anilines is 1. The van der Waals surface area contributed by atoms with E-state index in [4.69, 9.17) is 9.15 Å². The largest absolute Gasteiger partial charge is 0.496 e. The van der Waals surface area contributed by atoms with Crippen LogP contribution < -0.4 is 10.1 Å². The van der Waals surface area contributed by atoms with E-state index in [2.05, 4.69) is 29.6 Å². The van der Waals surface area contributed by atoms with E-state index < -0.39 is 0 Å². The molecule has 5 rings (SSSR count). The zero-order chi connectivity index (χ0) is 26.1. The number of Topliss-reactive ketones (excluding diaryl/α,β-unsaturated/α-hetero) is 1. The van der Waals surface area contributed by atoms with Crippen molar-refractivity contribution in [3.63, 3.8) is 0 Å². The van der Waals surface area contributed by atoms with E-state index in [1.807, 2.05) is 38.1 Å². The van der Waals surface area contributed by atoms with Crippen LogP contribution in [-0.4, -0.2) is 18.8 Å². The van der Waals surface area contributed by atoms with E-state index in [1.165, 1.54) is 6.92 Å².